The summed E-state index contributed by atoms with van der Waals surface area (Å²) in [7, 11) is 0. The molecular formula is C40H26N4O. The average Bonchev–Trinajstić information content (AvgIpc) is 3.65. The van der Waals surface area contributed by atoms with E-state index in [0.29, 0.717) is 24.0 Å². The summed E-state index contributed by atoms with van der Waals surface area (Å²) in [6, 6.07) is 49.9. The monoisotopic (exact) mass is 578 g/mol. The van der Waals surface area contributed by atoms with E-state index in [1.807, 2.05) is 78.9 Å². The highest BCUT2D eigenvalue weighted by molar-refractivity contribution is 6.13. The van der Waals surface area contributed by atoms with Crippen molar-refractivity contribution in [2.75, 3.05) is 0 Å². The van der Waals surface area contributed by atoms with Crippen LogP contribution in [0.2, 0.25) is 0 Å². The van der Waals surface area contributed by atoms with Crippen molar-refractivity contribution in [1.29, 1.82) is 0 Å². The highest BCUT2D eigenvalue weighted by Crippen LogP contribution is 2.39. The summed E-state index contributed by atoms with van der Waals surface area (Å²) in [6.07, 6.45) is 0. The smallest absolute Gasteiger partial charge is 0.164 e. The van der Waals surface area contributed by atoms with Gasteiger partial charge in [-0.3, -0.25) is 0 Å². The molecule has 3 aromatic heterocycles. The number of nitrogens with zero attached hydrogens (tertiary/aromatic N) is 4. The SMILES string of the molecule is c1ccc(-c2nc(-c3ccccc3)nc(-c3cccc4oc5cccc(Cn6c7ccccc7c7ccccc76)c5c34)n2)cc1. The Morgan fingerprint density at radius 3 is 1.58 bits per heavy atom. The first-order valence-corrected chi connectivity index (χ1v) is 15.1. The van der Waals surface area contributed by atoms with Crippen molar-refractivity contribution in [3.63, 3.8) is 0 Å². The lowest BCUT2D eigenvalue weighted by atomic mass is 10.0. The number of rotatable bonds is 5. The maximum absolute atomic E-state index is 6.50. The van der Waals surface area contributed by atoms with Gasteiger partial charge in [-0.2, -0.15) is 0 Å². The number of aromatic nitrogens is 4. The summed E-state index contributed by atoms with van der Waals surface area (Å²) in [5.74, 6) is 1.88. The number of para-hydroxylation sites is 2. The lowest BCUT2D eigenvalue weighted by Crippen LogP contribution is -2.01. The van der Waals surface area contributed by atoms with Crippen LogP contribution in [0, 0.1) is 0 Å². The summed E-state index contributed by atoms with van der Waals surface area (Å²) < 4.78 is 8.91. The molecule has 0 unspecified atom stereocenters. The fourth-order valence-electron chi connectivity index (χ4n) is 6.53. The van der Waals surface area contributed by atoms with Crippen LogP contribution in [0.1, 0.15) is 5.56 Å². The van der Waals surface area contributed by atoms with Crippen molar-refractivity contribution in [3.05, 3.63) is 151 Å². The first kappa shape index (κ1) is 25.4. The summed E-state index contributed by atoms with van der Waals surface area (Å²) in [5.41, 5.74) is 8.03. The van der Waals surface area contributed by atoms with Crippen LogP contribution in [0.3, 0.4) is 0 Å². The van der Waals surface area contributed by atoms with E-state index in [0.717, 1.165) is 38.6 Å². The van der Waals surface area contributed by atoms with E-state index in [1.54, 1.807) is 0 Å². The van der Waals surface area contributed by atoms with E-state index < -0.39 is 0 Å². The largest absolute Gasteiger partial charge is 0.456 e. The normalized spacial score (nSPS) is 11.6. The molecule has 0 aliphatic rings. The molecule has 0 spiro atoms. The molecule has 45 heavy (non-hydrogen) atoms. The van der Waals surface area contributed by atoms with Crippen molar-refractivity contribution in [2.24, 2.45) is 0 Å². The fraction of sp³-hybridized carbons (Fsp3) is 0.0250. The van der Waals surface area contributed by atoms with Gasteiger partial charge in [-0.05, 0) is 29.8 Å². The molecule has 0 bridgehead atoms. The second kappa shape index (κ2) is 10.3. The van der Waals surface area contributed by atoms with Gasteiger partial charge in [0.15, 0.2) is 17.5 Å². The Morgan fingerprint density at radius 2 is 0.956 bits per heavy atom. The van der Waals surface area contributed by atoms with Crippen LogP contribution in [0.25, 0.3) is 77.9 Å². The lowest BCUT2D eigenvalue weighted by Gasteiger charge is -2.11. The number of benzene rings is 6. The van der Waals surface area contributed by atoms with Crippen molar-refractivity contribution in [1.82, 2.24) is 19.5 Å². The summed E-state index contributed by atoms with van der Waals surface area (Å²) in [6.45, 7) is 0.691. The first-order valence-electron chi connectivity index (χ1n) is 15.1. The Hall–Kier alpha value is -6.07. The van der Waals surface area contributed by atoms with Gasteiger partial charge >= 0.3 is 0 Å². The molecule has 0 aliphatic carbocycles. The molecule has 0 radical (unpaired) electrons. The molecule has 0 aliphatic heterocycles. The molecule has 0 atom stereocenters. The Kier molecular flexibility index (Phi) is 5.81. The van der Waals surface area contributed by atoms with E-state index in [1.165, 1.54) is 27.4 Å². The quantitative estimate of drug-likeness (QED) is 0.204. The van der Waals surface area contributed by atoms with Crippen molar-refractivity contribution in [2.45, 2.75) is 6.54 Å². The van der Waals surface area contributed by atoms with Gasteiger partial charge < -0.3 is 8.98 Å². The highest BCUT2D eigenvalue weighted by Gasteiger charge is 2.20. The number of fused-ring (bicyclic) bond motifs is 6. The highest BCUT2D eigenvalue weighted by atomic mass is 16.3. The number of hydrogen-bond acceptors (Lipinski definition) is 4. The molecule has 3 heterocycles. The van der Waals surface area contributed by atoms with E-state index >= 15 is 0 Å². The minimum absolute atomic E-state index is 0.614. The Labute approximate surface area is 259 Å². The van der Waals surface area contributed by atoms with E-state index in [4.69, 9.17) is 19.4 Å². The van der Waals surface area contributed by atoms with Gasteiger partial charge in [-0.1, -0.05) is 121 Å². The second-order valence-electron chi connectivity index (χ2n) is 11.2. The standard InChI is InChI=1S/C40H26N4O/c1-3-13-26(14-4-1)38-41-39(27-15-5-2-6-16-27)43-40(42-38)31-20-12-24-35-37(31)36-28(17-11-23-34(36)45-35)25-44-32-21-9-7-18-29(32)30-19-8-10-22-33(30)44/h1-24H,25H2. The van der Waals surface area contributed by atoms with Gasteiger partial charge in [-0.15, -0.1) is 0 Å². The molecule has 9 rings (SSSR count). The Morgan fingerprint density at radius 1 is 0.444 bits per heavy atom. The van der Waals surface area contributed by atoms with Gasteiger partial charge in [0.25, 0.3) is 0 Å². The molecule has 0 saturated carbocycles. The summed E-state index contributed by atoms with van der Waals surface area (Å²) in [5, 5.41) is 4.59. The fourth-order valence-corrected chi connectivity index (χ4v) is 6.53. The molecule has 212 valence electrons. The zero-order valence-corrected chi connectivity index (χ0v) is 24.3. The van der Waals surface area contributed by atoms with Crippen LogP contribution in [0.15, 0.2) is 150 Å². The molecule has 0 amide bonds. The van der Waals surface area contributed by atoms with Crippen molar-refractivity contribution in [3.8, 4) is 34.2 Å². The lowest BCUT2D eigenvalue weighted by molar-refractivity contribution is 0.668. The number of furan rings is 1. The van der Waals surface area contributed by atoms with Crippen LogP contribution in [-0.4, -0.2) is 19.5 Å². The average molecular weight is 579 g/mol. The van der Waals surface area contributed by atoms with Crippen LogP contribution in [0.5, 0.6) is 0 Å². The zero-order valence-electron chi connectivity index (χ0n) is 24.3. The van der Waals surface area contributed by atoms with Crippen molar-refractivity contribution >= 4 is 43.7 Å². The predicted octanol–water partition coefficient (Wildman–Crippen LogP) is 9.93. The molecule has 5 nitrogen and oxygen atoms in total. The Bertz CT molecular complexity index is 2400. The molecule has 5 heteroatoms. The van der Waals surface area contributed by atoms with Crippen LogP contribution in [0.4, 0.5) is 0 Å². The third-order valence-electron chi connectivity index (χ3n) is 8.56. The number of hydrogen-bond donors (Lipinski definition) is 0. The summed E-state index contributed by atoms with van der Waals surface area (Å²) in [4.78, 5) is 15.0. The predicted molar refractivity (Wildman–Crippen MR) is 182 cm³/mol. The van der Waals surface area contributed by atoms with E-state index in [9.17, 15) is 0 Å². The maximum atomic E-state index is 6.50. The zero-order chi connectivity index (χ0) is 29.7. The Balaban J connectivity index is 1.29. The molecule has 9 aromatic rings. The maximum Gasteiger partial charge on any atom is 0.164 e. The minimum atomic E-state index is 0.614. The molecule has 0 saturated heterocycles. The third-order valence-corrected chi connectivity index (χ3v) is 8.56. The molecular weight excluding hydrogens is 552 g/mol. The second-order valence-corrected chi connectivity index (χ2v) is 11.2. The van der Waals surface area contributed by atoms with E-state index in [2.05, 4.69) is 71.3 Å². The summed E-state index contributed by atoms with van der Waals surface area (Å²) >= 11 is 0. The minimum Gasteiger partial charge on any atom is -0.456 e. The van der Waals surface area contributed by atoms with Gasteiger partial charge in [0.05, 0.1) is 0 Å². The van der Waals surface area contributed by atoms with E-state index in [-0.39, 0.29) is 0 Å². The van der Waals surface area contributed by atoms with Gasteiger partial charge in [0, 0.05) is 55.8 Å². The topological polar surface area (TPSA) is 56.7 Å². The van der Waals surface area contributed by atoms with Gasteiger partial charge in [0.1, 0.15) is 11.2 Å². The molecule has 0 N–H and O–H groups in total. The van der Waals surface area contributed by atoms with Crippen molar-refractivity contribution < 1.29 is 4.42 Å². The van der Waals surface area contributed by atoms with Crippen LogP contribution in [-0.2, 0) is 6.54 Å². The third kappa shape index (κ3) is 4.20. The molecule has 6 aromatic carbocycles. The first-order chi connectivity index (χ1) is 22.3. The van der Waals surface area contributed by atoms with Gasteiger partial charge in [0.2, 0.25) is 0 Å². The molecule has 0 fully saturated rings. The van der Waals surface area contributed by atoms with Gasteiger partial charge in [-0.25, -0.2) is 15.0 Å². The van der Waals surface area contributed by atoms with Crippen LogP contribution >= 0.6 is 0 Å². The van der Waals surface area contributed by atoms with Crippen LogP contribution < -0.4 is 0 Å².